The molecule has 0 bridgehead atoms. The predicted octanol–water partition coefficient (Wildman–Crippen LogP) is 3.19. The van der Waals surface area contributed by atoms with Crippen molar-refractivity contribution >= 4 is 16.8 Å². The van der Waals surface area contributed by atoms with Crippen molar-refractivity contribution < 1.29 is 4.79 Å². The Morgan fingerprint density at radius 2 is 2.16 bits per heavy atom. The Hall–Kier alpha value is -1.77. The highest BCUT2D eigenvalue weighted by Crippen LogP contribution is 2.29. The van der Waals surface area contributed by atoms with Crippen LogP contribution in [-0.4, -0.2) is 17.4 Å². The Morgan fingerprint density at radius 3 is 3.00 bits per heavy atom. The van der Waals surface area contributed by atoms with Crippen LogP contribution in [0.2, 0.25) is 0 Å². The van der Waals surface area contributed by atoms with Gasteiger partial charge < -0.3 is 10.3 Å². The number of aromatic nitrogens is 1. The second-order valence-electron chi connectivity index (χ2n) is 5.31. The van der Waals surface area contributed by atoms with Crippen molar-refractivity contribution in [3.63, 3.8) is 0 Å². The van der Waals surface area contributed by atoms with Crippen LogP contribution in [0.3, 0.4) is 0 Å². The highest BCUT2D eigenvalue weighted by molar-refractivity contribution is 5.99. The number of hydrogen-bond acceptors (Lipinski definition) is 1. The molecule has 1 amide bonds. The highest BCUT2D eigenvalue weighted by atomic mass is 16.1. The van der Waals surface area contributed by atoms with Crippen molar-refractivity contribution in [1.82, 2.24) is 10.3 Å². The fourth-order valence-corrected chi connectivity index (χ4v) is 2.89. The monoisotopic (exact) mass is 256 g/mol. The number of H-pyrrole nitrogens is 1. The first-order valence-corrected chi connectivity index (χ1v) is 7.21. The summed E-state index contributed by atoms with van der Waals surface area (Å²) in [5, 5.41) is 4.17. The quantitative estimate of drug-likeness (QED) is 0.870. The first-order valence-electron chi connectivity index (χ1n) is 7.21. The van der Waals surface area contributed by atoms with Crippen molar-refractivity contribution in [2.24, 2.45) is 0 Å². The summed E-state index contributed by atoms with van der Waals surface area (Å²) < 4.78 is 0. The molecular weight excluding hydrogens is 236 g/mol. The summed E-state index contributed by atoms with van der Waals surface area (Å²) in [5.74, 6) is 0.0366. The van der Waals surface area contributed by atoms with Crippen molar-refractivity contribution in [2.45, 2.75) is 39.0 Å². The highest BCUT2D eigenvalue weighted by Gasteiger charge is 2.16. The van der Waals surface area contributed by atoms with E-state index in [-0.39, 0.29) is 5.91 Å². The summed E-state index contributed by atoms with van der Waals surface area (Å²) in [5.41, 5.74) is 4.73. The summed E-state index contributed by atoms with van der Waals surface area (Å²) in [7, 11) is 0. The molecule has 0 radical (unpaired) electrons. The van der Waals surface area contributed by atoms with Crippen molar-refractivity contribution in [3.05, 3.63) is 35.0 Å². The van der Waals surface area contributed by atoms with Crippen LogP contribution in [0.5, 0.6) is 0 Å². The van der Waals surface area contributed by atoms with Crippen LogP contribution in [0, 0.1) is 0 Å². The standard InChI is InChI=1S/C16H20N2O/c1-2-9-17-16(19)11-7-8-15-13(10-11)12-5-3-4-6-14(12)18-15/h7-8,10,18H,2-6,9H2,1H3,(H,17,19). The van der Waals surface area contributed by atoms with Gasteiger partial charge in [0.25, 0.3) is 5.91 Å². The molecule has 1 aromatic heterocycles. The summed E-state index contributed by atoms with van der Waals surface area (Å²) in [6, 6.07) is 5.99. The number of hydrogen-bond donors (Lipinski definition) is 2. The van der Waals surface area contributed by atoms with E-state index < -0.39 is 0 Å². The second kappa shape index (κ2) is 5.08. The normalized spacial score (nSPS) is 14.4. The molecule has 1 aliphatic carbocycles. The molecule has 0 unspecified atom stereocenters. The number of benzene rings is 1. The Balaban J connectivity index is 1.98. The summed E-state index contributed by atoms with van der Waals surface area (Å²) >= 11 is 0. The molecule has 100 valence electrons. The molecule has 0 atom stereocenters. The third-order valence-corrected chi connectivity index (χ3v) is 3.90. The van der Waals surface area contributed by atoms with Crippen molar-refractivity contribution in [2.75, 3.05) is 6.54 Å². The first-order chi connectivity index (χ1) is 9.29. The Bertz CT molecular complexity index is 612. The van der Waals surface area contributed by atoms with Gasteiger partial charge in [-0.2, -0.15) is 0 Å². The number of carbonyl (C=O) groups excluding carboxylic acids is 1. The van der Waals surface area contributed by atoms with E-state index in [9.17, 15) is 4.79 Å². The van der Waals surface area contributed by atoms with Gasteiger partial charge in [-0.15, -0.1) is 0 Å². The Labute approximate surface area is 113 Å². The third-order valence-electron chi connectivity index (χ3n) is 3.90. The summed E-state index contributed by atoms with van der Waals surface area (Å²) in [4.78, 5) is 15.5. The van der Waals surface area contributed by atoms with E-state index in [1.807, 2.05) is 18.2 Å². The van der Waals surface area contributed by atoms with Gasteiger partial charge in [0.1, 0.15) is 0 Å². The number of aromatic amines is 1. The fourth-order valence-electron chi connectivity index (χ4n) is 2.89. The zero-order valence-electron chi connectivity index (χ0n) is 11.4. The van der Waals surface area contributed by atoms with Gasteiger partial charge in [0.05, 0.1) is 0 Å². The molecule has 0 saturated carbocycles. The van der Waals surface area contributed by atoms with Gasteiger partial charge in [0.15, 0.2) is 0 Å². The second-order valence-corrected chi connectivity index (χ2v) is 5.31. The number of carbonyl (C=O) groups is 1. The maximum absolute atomic E-state index is 12.0. The van der Waals surface area contributed by atoms with Gasteiger partial charge in [-0.3, -0.25) is 4.79 Å². The molecule has 1 heterocycles. The van der Waals surface area contributed by atoms with Crippen molar-refractivity contribution in [3.8, 4) is 0 Å². The summed E-state index contributed by atoms with van der Waals surface area (Å²) in [6.07, 6.45) is 5.76. The van der Waals surface area contributed by atoms with E-state index in [1.54, 1.807) is 0 Å². The van der Waals surface area contributed by atoms with Crippen LogP contribution < -0.4 is 5.32 Å². The van der Waals surface area contributed by atoms with Gasteiger partial charge in [0, 0.05) is 28.7 Å². The van der Waals surface area contributed by atoms with E-state index in [0.29, 0.717) is 0 Å². The number of amides is 1. The molecule has 3 heteroatoms. The molecule has 3 nitrogen and oxygen atoms in total. The molecule has 2 aromatic rings. The first kappa shape index (κ1) is 12.3. The van der Waals surface area contributed by atoms with E-state index >= 15 is 0 Å². The van der Waals surface area contributed by atoms with Crippen LogP contribution in [0.15, 0.2) is 18.2 Å². The largest absolute Gasteiger partial charge is 0.358 e. The van der Waals surface area contributed by atoms with E-state index in [2.05, 4.69) is 17.2 Å². The molecule has 0 spiro atoms. The third kappa shape index (κ3) is 2.25. The smallest absolute Gasteiger partial charge is 0.251 e. The maximum atomic E-state index is 12.0. The lowest BCUT2D eigenvalue weighted by molar-refractivity contribution is 0.0954. The van der Waals surface area contributed by atoms with Gasteiger partial charge in [-0.25, -0.2) is 0 Å². The number of rotatable bonds is 3. The Kier molecular flexibility index (Phi) is 3.28. The molecule has 0 fully saturated rings. The van der Waals surface area contributed by atoms with Crippen LogP contribution >= 0.6 is 0 Å². The van der Waals surface area contributed by atoms with Gasteiger partial charge in [-0.1, -0.05) is 6.92 Å². The zero-order chi connectivity index (χ0) is 13.2. The molecule has 1 aliphatic rings. The number of aryl methyl sites for hydroxylation is 2. The topological polar surface area (TPSA) is 44.9 Å². The van der Waals surface area contributed by atoms with E-state index in [0.717, 1.165) is 31.4 Å². The van der Waals surface area contributed by atoms with Crippen molar-refractivity contribution in [1.29, 1.82) is 0 Å². The van der Waals surface area contributed by atoms with Crippen LogP contribution in [0.1, 0.15) is 47.8 Å². The summed E-state index contributed by atoms with van der Waals surface area (Å²) in [6.45, 7) is 2.80. The minimum atomic E-state index is 0.0366. The molecule has 0 aliphatic heterocycles. The molecule has 19 heavy (non-hydrogen) atoms. The van der Waals surface area contributed by atoms with Gasteiger partial charge >= 0.3 is 0 Å². The molecular formula is C16H20N2O. The fraction of sp³-hybridized carbons (Fsp3) is 0.438. The van der Waals surface area contributed by atoms with Gasteiger partial charge in [-0.05, 0) is 55.9 Å². The minimum Gasteiger partial charge on any atom is -0.358 e. The molecule has 1 aromatic carbocycles. The SMILES string of the molecule is CCCNC(=O)c1ccc2[nH]c3c(c2c1)CCCC3. The Morgan fingerprint density at radius 1 is 1.32 bits per heavy atom. The van der Waals surface area contributed by atoms with Crippen LogP contribution in [-0.2, 0) is 12.8 Å². The van der Waals surface area contributed by atoms with Crippen LogP contribution in [0.4, 0.5) is 0 Å². The molecule has 0 saturated heterocycles. The zero-order valence-corrected chi connectivity index (χ0v) is 11.4. The maximum Gasteiger partial charge on any atom is 0.251 e. The van der Waals surface area contributed by atoms with E-state index in [1.165, 1.54) is 35.0 Å². The van der Waals surface area contributed by atoms with E-state index in [4.69, 9.17) is 0 Å². The average molecular weight is 256 g/mol. The minimum absolute atomic E-state index is 0.0366. The lowest BCUT2D eigenvalue weighted by Crippen LogP contribution is -2.23. The molecule has 2 N–H and O–H groups in total. The lowest BCUT2D eigenvalue weighted by atomic mass is 9.95. The number of fused-ring (bicyclic) bond motifs is 3. The number of nitrogens with one attached hydrogen (secondary N) is 2. The predicted molar refractivity (Wildman–Crippen MR) is 77.6 cm³/mol. The molecule has 3 rings (SSSR count). The lowest BCUT2D eigenvalue weighted by Gasteiger charge is -2.10. The average Bonchev–Trinajstić information content (AvgIpc) is 2.82. The van der Waals surface area contributed by atoms with Gasteiger partial charge in [0.2, 0.25) is 0 Å². The van der Waals surface area contributed by atoms with Crippen LogP contribution in [0.25, 0.3) is 10.9 Å².